The second-order valence-corrected chi connectivity index (χ2v) is 4.73. The molecule has 0 spiro atoms. The van der Waals surface area contributed by atoms with Crippen molar-refractivity contribution >= 4 is 11.4 Å². The van der Waals surface area contributed by atoms with E-state index in [1.807, 2.05) is 36.5 Å². The molecule has 0 bridgehead atoms. The lowest BCUT2D eigenvalue weighted by molar-refractivity contribution is 1.33. The van der Waals surface area contributed by atoms with Gasteiger partial charge in [0.05, 0.1) is 5.69 Å². The maximum atomic E-state index is 4.36. The summed E-state index contributed by atoms with van der Waals surface area (Å²) in [6.45, 7) is 2.10. The van der Waals surface area contributed by atoms with Crippen LogP contribution in [-0.4, -0.2) is 4.98 Å². The van der Waals surface area contributed by atoms with Crippen LogP contribution in [0.2, 0.25) is 0 Å². The van der Waals surface area contributed by atoms with Crippen LogP contribution in [0, 0.1) is 6.92 Å². The lowest BCUT2D eigenvalue weighted by Gasteiger charge is -2.10. The zero-order chi connectivity index (χ0) is 13.8. The number of aromatic nitrogens is 1. The highest BCUT2D eigenvalue weighted by Crippen LogP contribution is 2.23. The van der Waals surface area contributed by atoms with Crippen LogP contribution in [0.25, 0.3) is 11.3 Å². The van der Waals surface area contributed by atoms with Gasteiger partial charge >= 0.3 is 0 Å². The van der Waals surface area contributed by atoms with Gasteiger partial charge in [0.2, 0.25) is 0 Å². The quantitative estimate of drug-likeness (QED) is 0.731. The molecule has 0 radical (unpaired) electrons. The van der Waals surface area contributed by atoms with Gasteiger partial charge in [-0.1, -0.05) is 36.4 Å². The highest BCUT2D eigenvalue weighted by atomic mass is 14.9. The largest absolute Gasteiger partial charge is 0.355 e. The molecule has 0 atom stereocenters. The molecule has 0 aliphatic rings. The molecule has 2 nitrogen and oxygen atoms in total. The number of nitrogens with one attached hydrogen (secondary N) is 1. The summed E-state index contributed by atoms with van der Waals surface area (Å²) in [5.74, 6) is 0. The molecule has 0 fully saturated rings. The van der Waals surface area contributed by atoms with Crippen LogP contribution in [-0.2, 0) is 0 Å². The number of hydrogen-bond acceptors (Lipinski definition) is 2. The lowest BCUT2D eigenvalue weighted by atomic mass is 10.1. The van der Waals surface area contributed by atoms with Gasteiger partial charge in [0.15, 0.2) is 0 Å². The summed E-state index contributed by atoms with van der Waals surface area (Å²) < 4.78 is 0. The Labute approximate surface area is 119 Å². The Hall–Kier alpha value is -2.61. The van der Waals surface area contributed by atoms with Gasteiger partial charge in [-0.3, -0.25) is 4.98 Å². The second-order valence-electron chi connectivity index (χ2n) is 4.73. The van der Waals surface area contributed by atoms with Gasteiger partial charge in [0.25, 0.3) is 0 Å². The van der Waals surface area contributed by atoms with Crippen molar-refractivity contribution in [3.63, 3.8) is 0 Å². The van der Waals surface area contributed by atoms with Crippen molar-refractivity contribution in [1.82, 2.24) is 4.98 Å². The molecule has 0 amide bonds. The molecule has 1 heterocycles. The summed E-state index contributed by atoms with van der Waals surface area (Å²) >= 11 is 0. The topological polar surface area (TPSA) is 24.9 Å². The standard InChI is InChI=1S/C18H16N2/c1-14-6-2-3-7-17(14)20-16-11-9-15(10-12-16)18-8-4-5-13-19-18/h2-13,20H,1H3. The van der Waals surface area contributed by atoms with E-state index in [2.05, 4.69) is 53.6 Å². The summed E-state index contributed by atoms with van der Waals surface area (Å²) in [4.78, 5) is 4.36. The summed E-state index contributed by atoms with van der Waals surface area (Å²) in [6, 6.07) is 22.6. The molecule has 0 saturated carbocycles. The number of nitrogens with zero attached hydrogens (tertiary/aromatic N) is 1. The number of pyridine rings is 1. The first-order valence-corrected chi connectivity index (χ1v) is 6.67. The molecule has 2 heteroatoms. The number of benzene rings is 2. The first-order valence-electron chi connectivity index (χ1n) is 6.67. The molecule has 1 aromatic heterocycles. The fourth-order valence-corrected chi connectivity index (χ4v) is 2.13. The lowest BCUT2D eigenvalue weighted by Crippen LogP contribution is -1.92. The second kappa shape index (κ2) is 5.57. The maximum absolute atomic E-state index is 4.36. The Morgan fingerprint density at radius 2 is 1.55 bits per heavy atom. The van der Waals surface area contributed by atoms with E-state index in [0.717, 1.165) is 22.6 Å². The third-order valence-corrected chi connectivity index (χ3v) is 3.27. The Bertz CT molecular complexity index is 688. The minimum atomic E-state index is 0.995. The average Bonchev–Trinajstić information content (AvgIpc) is 2.51. The van der Waals surface area contributed by atoms with Crippen LogP contribution in [0.3, 0.4) is 0 Å². The van der Waals surface area contributed by atoms with Crippen LogP contribution < -0.4 is 5.32 Å². The van der Waals surface area contributed by atoms with Crippen molar-refractivity contribution in [3.05, 3.63) is 78.5 Å². The number of rotatable bonds is 3. The van der Waals surface area contributed by atoms with Crippen LogP contribution in [0.15, 0.2) is 72.9 Å². The maximum Gasteiger partial charge on any atom is 0.0701 e. The molecule has 0 aliphatic heterocycles. The Morgan fingerprint density at radius 1 is 0.800 bits per heavy atom. The molecule has 0 saturated heterocycles. The number of hydrogen-bond donors (Lipinski definition) is 1. The fraction of sp³-hybridized carbons (Fsp3) is 0.0556. The zero-order valence-electron chi connectivity index (χ0n) is 11.4. The van der Waals surface area contributed by atoms with Crippen molar-refractivity contribution in [1.29, 1.82) is 0 Å². The smallest absolute Gasteiger partial charge is 0.0701 e. The van der Waals surface area contributed by atoms with Crippen LogP contribution in [0.4, 0.5) is 11.4 Å². The summed E-state index contributed by atoms with van der Waals surface area (Å²) in [5, 5.41) is 3.43. The van der Waals surface area contributed by atoms with E-state index in [4.69, 9.17) is 0 Å². The summed E-state index contributed by atoms with van der Waals surface area (Å²) in [6.07, 6.45) is 1.81. The minimum Gasteiger partial charge on any atom is -0.355 e. The molecule has 98 valence electrons. The molecule has 1 N–H and O–H groups in total. The van der Waals surface area contributed by atoms with Crippen molar-refractivity contribution < 1.29 is 0 Å². The van der Waals surface area contributed by atoms with Gasteiger partial charge in [-0.2, -0.15) is 0 Å². The summed E-state index contributed by atoms with van der Waals surface area (Å²) in [5.41, 5.74) is 5.58. The SMILES string of the molecule is Cc1ccccc1Nc1ccc(-c2ccccn2)cc1. The Morgan fingerprint density at radius 3 is 2.25 bits per heavy atom. The first-order chi connectivity index (χ1) is 9.83. The number of aryl methyl sites for hydroxylation is 1. The molecule has 2 aromatic carbocycles. The van der Waals surface area contributed by atoms with Crippen LogP contribution >= 0.6 is 0 Å². The number of anilines is 2. The summed E-state index contributed by atoms with van der Waals surface area (Å²) in [7, 11) is 0. The van der Waals surface area contributed by atoms with Crippen molar-refractivity contribution in [3.8, 4) is 11.3 Å². The Kier molecular flexibility index (Phi) is 3.46. The van der Waals surface area contributed by atoms with E-state index in [1.165, 1.54) is 5.56 Å². The third kappa shape index (κ3) is 2.69. The van der Waals surface area contributed by atoms with E-state index in [9.17, 15) is 0 Å². The molecule has 0 unspecified atom stereocenters. The van der Waals surface area contributed by atoms with Crippen molar-refractivity contribution in [2.45, 2.75) is 6.92 Å². The van der Waals surface area contributed by atoms with Crippen molar-refractivity contribution in [2.75, 3.05) is 5.32 Å². The van der Waals surface area contributed by atoms with Crippen LogP contribution in [0.5, 0.6) is 0 Å². The molecule has 3 aromatic rings. The van der Waals surface area contributed by atoms with Gasteiger partial charge in [0.1, 0.15) is 0 Å². The molecule has 3 rings (SSSR count). The highest BCUT2D eigenvalue weighted by molar-refractivity contribution is 5.67. The van der Waals surface area contributed by atoms with Gasteiger partial charge in [-0.05, 0) is 42.8 Å². The van der Waals surface area contributed by atoms with Gasteiger partial charge in [0, 0.05) is 23.1 Å². The van der Waals surface area contributed by atoms with Gasteiger partial charge in [-0.15, -0.1) is 0 Å². The van der Waals surface area contributed by atoms with E-state index in [-0.39, 0.29) is 0 Å². The van der Waals surface area contributed by atoms with E-state index >= 15 is 0 Å². The molecule has 20 heavy (non-hydrogen) atoms. The zero-order valence-corrected chi connectivity index (χ0v) is 11.4. The fourth-order valence-electron chi connectivity index (χ4n) is 2.13. The van der Waals surface area contributed by atoms with E-state index in [0.29, 0.717) is 0 Å². The molecule has 0 aliphatic carbocycles. The average molecular weight is 260 g/mol. The highest BCUT2D eigenvalue weighted by Gasteiger charge is 2.00. The predicted octanol–water partition coefficient (Wildman–Crippen LogP) is 4.80. The predicted molar refractivity (Wildman–Crippen MR) is 84.1 cm³/mol. The van der Waals surface area contributed by atoms with Crippen LogP contribution in [0.1, 0.15) is 5.56 Å². The van der Waals surface area contributed by atoms with Gasteiger partial charge < -0.3 is 5.32 Å². The normalized spacial score (nSPS) is 10.2. The molecular formula is C18H16N2. The molecular weight excluding hydrogens is 244 g/mol. The first kappa shape index (κ1) is 12.4. The Balaban J connectivity index is 1.82. The third-order valence-electron chi connectivity index (χ3n) is 3.27. The van der Waals surface area contributed by atoms with Gasteiger partial charge in [-0.25, -0.2) is 0 Å². The van der Waals surface area contributed by atoms with E-state index in [1.54, 1.807) is 0 Å². The van der Waals surface area contributed by atoms with Crippen molar-refractivity contribution in [2.24, 2.45) is 0 Å². The minimum absolute atomic E-state index is 0.995. The van der Waals surface area contributed by atoms with E-state index < -0.39 is 0 Å². The monoisotopic (exact) mass is 260 g/mol. The number of para-hydroxylation sites is 1.